The zero-order chi connectivity index (χ0) is 15.1. The molecule has 5 rings (SSSR count). The molecule has 0 unspecified atom stereocenters. The summed E-state index contributed by atoms with van der Waals surface area (Å²) in [7, 11) is 0. The number of aliphatic hydroxyl groups is 1. The molecule has 3 aliphatic heterocycles. The molecule has 116 valence electrons. The van der Waals surface area contributed by atoms with Gasteiger partial charge in [0.1, 0.15) is 0 Å². The molecule has 0 aromatic heterocycles. The van der Waals surface area contributed by atoms with Crippen LogP contribution in [0.25, 0.3) is 0 Å². The third-order valence-electron chi connectivity index (χ3n) is 5.88. The van der Waals surface area contributed by atoms with E-state index in [4.69, 9.17) is 14.2 Å². The molecule has 4 aliphatic rings. The fourth-order valence-electron chi connectivity index (χ4n) is 5.24. The number of benzene rings is 1. The van der Waals surface area contributed by atoms with E-state index in [1.165, 1.54) is 0 Å². The standard InChI is InChI=1S/C17H18O5/c1-16-12-10(14(18)20-16)7-11-13(12)17(22-16,21-15(11)19)8-9-5-3-2-4-6-9/h2-6,10-13,15,19H,7-8H2,1H3/t10-,11+,12-,13+,15+,16+,17-/m0/s1. The van der Waals surface area contributed by atoms with E-state index in [0.717, 1.165) is 5.56 Å². The highest BCUT2D eigenvalue weighted by Gasteiger charge is 2.78. The highest BCUT2D eigenvalue weighted by molar-refractivity contribution is 5.77. The molecule has 5 heteroatoms. The average Bonchev–Trinajstić information content (AvgIpc) is 3.10. The molecule has 7 atom stereocenters. The maximum absolute atomic E-state index is 12.1. The van der Waals surface area contributed by atoms with Gasteiger partial charge in [-0.2, -0.15) is 0 Å². The largest absolute Gasteiger partial charge is 0.433 e. The van der Waals surface area contributed by atoms with Gasteiger partial charge in [-0.05, 0) is 12.0 Å². The van der Waals surface area contributed by atoms with Crippen LogP contribution < -0.4 is 0 Å². The molecule has 0 radical (unpaired) electrons. The Morgan fingerprint density at radius 3 is 2.82 bits per heavy atom. The number of ether oxygens (including phenoxy) is 3. The molecule has 1 aliphatic carbocycles. The van der Waals surface area contributed by atoms with E-state index < -0.39 is 17.9 Å². The van der Waals surface area contributed by atoms with Gasteiger partial charge in [-0.25, -0.2) is 0 Å². The average molecular weight is 302 g/mol. The van der Waals surface area contributed by atoms with E-state index in [1.54, 1.807) is 0 Å². The summed E-state index contributed by atoms with van der Waals surface area (Å²) in [6, 6.07) is 9.97. The van der Waals surface area contributed by atoms with Crippen molar-refractivity contribution in [3.8, 4) is 0 Å². The first-order valence-corrected chi connectivity index (χ1v) is 7.85. The molecular weight excluding hydrogens is 284 g/mol. The highest BCUT2D eigenvalue weighted by atomic mass is 16.8. The molecule has 1 N–H and O–H groups in total. The Morgan fingerprint density at radius 1 is 1.27 bits per heavy atom. The molecule has 1 saturated carbocycles. The van der Waals surface area contributed by atoms with Gasteiger partial charge in [0, 0.05) is 31.1 Å². The van der Waals surface area contributed by atoms with Crippen LogP contribution in [0.3, 0.4) is 0 Å². The molecule has 3 saturated heterocycles. The first-order valence-electron chi connectivity index (χ1n) is 7.85. The maximum atomic E-state index is 12.1. The monoisotopic (exact) mass is 302 g/mol. The summed E-state index contributed by atoms with van der Waals surface area (Å²) in [5.74, 6) is -2.24. The van der Waals surface area contributed by atoms with Crippen LogP contribution in [0.2, 0.25) is 0 Å². The van der Waals surface area contributed by atoms with E-state index in [1.807, 2.05) is 37.3 Å². The molecule has 0 bridgehead atoms. The molecule has 1 aromatic rings. The topological polar surface area (TPSA) is 65.0 Å². The Balaban J connectivity index is 1.58. The summed E-state index contributed by atoms with van der Waals surface area (Å²) in [6.07, 6.45) is 0.324. The quantitative estimate of drug-likeness (QED) is 0.838. The summed E-state index contributed by atoms with van der Waals surface area (Å²) in [6.45, 7) is 1.83. The van der Waals surface area contributed by atoms with Crippen molar-refractivity contribution in [1.29, 1.82) is 0 Å². The van der Waals surface area contributed by atoms with Crippen LogP contribution in [0.15, 0.2) is 30.3 Å². The fraction of sp³-hybridized carbons (Fsp3) is 0.588. The van der Waals surface area contributed by atoms with Crippen LogP contribution in [-0.4, -0.2) is 28.9 Å². The van der Waals surface area contributed by atoms with Gasteiger partial charge in [-0.1, -0.05) is 30.3 Å². The minimum atomic E-state index is -0.921. The number of esters is 1. The van der Waals surface area contributed by atoms with Crippen molar-refractivity contribution in [1.82, 2.24) is 0 Å². The summed E-state index contributed by atoms with van der Waals surface area (Å²) in [5, 5.41) is 10.3. The number of rotatable bonds is 2. The minimum absolute atomic E-state index is 0.00385. The molecule has 0 spiro atoms. The van der Waals surface area contributed by atoms with Gasteiger partial charge in [0.2, 0.25) is 5.79 Å². The van der Waals surface area contributed by atoms with Gasteiger partial charge in [-0.3, -0.25) is 4.79 Å². The zero-order valence-corrected chi connectivity index (χ0v) is 12.3. The Morgan fingerprint density at radius 2 is 2.05 bits per heavy atom. The lowest BCUT2D eigenvalue weighted by atomic mass is 9.80. The van der Waals surface area contributed by atoms with Crippen molar-refractivity contribution in [2.75, 3.05) is 0 Å². The second kappa shape index (κ2) is 3.91. The predicted molar refractivity (Wildman–Crippen MR) is 74.1 cm³/mol. The number of aliphatic hydroxyl groups excluding tert-OH is 1. The van der Waals surface area contributed by atoms with Gasteiger partial charge in [-0.15, -0.1) is 0 Å². The first kappa shape index (κ1) is 13.0. The van der Waals surface area contributed by atoms with Crippen molar-refractivity contribution < 1.29 is 24.1 Å². The lowest BCUT2D eigenvalue weighted by molar-refractivity contribution is -0.321. The normalized spacial score (nSPS) is 51.2. The number of carbonyl (C=O) groups excluding carboxylic acids is 1. The van der Waals surface area contributed by atoms with Crippen molar-refractivity contribution in [3.63, 3.8) is 0 Å². The van der Waals surface area contributed by atoms with Crippen LogP contribution in [0.1, 0.15) is 18.9 Å². The van der Waals surface area contributed by atoms with Crippen molar-refractivity contribution >= 4 is 5.97 Å². The SMILES string of the molecule is C[C@]12OC(=O)[C@H]3C[C@@H]4[C@H]([C@H]31)[C@@](Cc1ccccc1)(O[C@H]4O)O2. The van der Waals surface area contributed by atoms with Crippen molar-refractivity contribution in [2.45, 2.75) is 37.6 Å². The number of carbonyl (C=O) groups is 1. The van der Waals surface area contributed by atoms with Gasteiger partial charge < -0.3 is 19.3 Å². The second-order valence-corrected chi connectivity index (χ2v) is 7.08. The smallest absolute Gasteiger partial charge is 0.312 e. The van der Waals surface area contributed by atoms with Gasteiger partial charge in [0.25, 0.3) is 0 Å². The van der Waals surface area contributed by atoms with Crippen LogP contribution in [0.5, 0.6) is 0 Å². The fourth-order valence-corrected chi connectivity index (χ4v) is 5.24. The van der Waals surface area contributed by atoms with E-state index in [-0.39, 0.29) is 29.6 Å². The van der Waals surface area contributed by atoms with Crippen LogP contribution in [-0.2, 0) is 25.4 Å². The van der Waals surface area contributed by atoms with E-state index in [2.05, 4.69) is 0 Å². The zero-order valence-electron chi connectivity index (χ0n) is 12.3. The second-order valence-electron chi connectivity index (χ2n) is 7.08. The van der Waals surface area contributed by atoms with Crippen molar-refractivity contribution in [2.24, 2.45) is 23.7 Å². The lowest BCUT2D eigenvalue weighted by Gasteiger charge is -2.31. The number of hydrogen-bond acceptors (Lipinski definition) is 5. The summed E-state index contributed by atoms with van der Waals surface area (Å²) >= 11 is 0. The molecule has 3 heterocycles. The van der Waals surface area contributed by atoms with E-state index in [0.29, 0.717) is 12.8 Å². The van der Waals surface area contributed by atoms with E-state index in [9.17, 15) is 9.90 Å². The van der Waals surface area contributed by atoms with Crippen LogP contribution in [0, 0.1) is 23.7 Å². The highest BCUT2D eigenvalue weighted by Crippen LogP contribution is 2.68. The summed E-state index contributed by atoms with van der Waals surface area (Å²) < 4.78 is 17.6. The van der Waals surface area contributed by atoms with Gasteiger partial charge in [0.05, 0.1) is 5.92 Å². The Bertz CT molecular complexity index is 646. The van der Waals surface area contributed by atoms with Gasteiger partial charge >= 0.3 is 5.97 Å². The minimum Gasteiger partial charge on any atom is -0.433 e. The summed E-state index contributed by atoms with van der Waals surface area (Å²) in [5.41, 5.74) is 1.09. The molecule has 1 aromatic carbocycles. The van der Waals surface area contributed by atoms with Crippen molar-refractivity contribution in [3.05, 3.63) is 35.9 Å². The molecule has 4 fully saturated rings. The Labute approximate surface area is 128 Å². The lowest BCUT2D eigenvalue weighted by Crippen LogP contribution is -2.40. The first-order chi connectivity index (χ1) is 10.5. The molecule has 22 heavy (non-hydrogen) atoms. The Kier molecular flexibility index (Phi) is 2.32. The molecule has 5 nitrogen and oxygen atoms in total. The van der Waals surface area contributed by atoms with Gasteiger partial charge in [0.15, 0.2) is 12.1 Å². The van der Waals surface area contributed by atoms with E-state index >= 15 is 0 Å². The molecule has 0 amide bonds. The third-order valence-corrected chi connectivity index (χ3v) is 5.88. The maximum Gasteiger partial charge on any atom is 0.312 e. The number of hydrogen-bond donors (Lipinski definition) is 1. The van der Waals surface area contributed by atoms with Crippen LogP contribution >= 0.6 is 0 Å². The molecular formula is C17H18O5. The third kappa shape index (κ3) is 1.42. The van der Waals surface area contributed by atoms with Crippen LogP contribution in [0.4, 0.5) is 0 Å². The Hall–Kier alpha value is -1.43. The predicted octanol–water partition coefficient (Wildman–Crippen LogP) is 1.45. The summed E-state index contributed by atoms with van der Waals surface area (Å²) in [4.78, 5) is 12.1.